The molecule has 2 rings (SSSR count). The Balaban J connectivity index is 1.94. The van der Waals surface area contributed by atoms with Gasteiger partial charge in [0.15, 0.2) is 0 Å². The minimum atomic E-state index is -0.0971. The van der Waals surface area contributed by atoms with Crippen molar-refractivity contribution in [2.45, 2.75) is 24.6 Å². The van der Waals surface area contributed by atoms with Crippen LogP contribution in [0.15, 0.2) is 18.2 Å². The van der Waals surface area contributed by atoms with Crippen molar-refractivity contribution in [3.8, 4) is 0 Å². The summed E-state index contributed by atoms with van der Waals surface area (Å²) in [7, 11) is 0. The molecule has 0 radical (unpaired) electrons. The highest BCUT2D eigenvalue weighted by Gasteiger charge is 2.29. The van der Waals surface area contributed by atoms with E-state index in [1.807, 2.05) is 19.1 Å². The van der Waals surface area contributed by atoms with Gasteiger partial charge in [0, 0.05) is 11.4 Å². The van der Waals surface area contributed by atoms with E-state index in [0.717, 1.165) is 11.5 Å². The van der Waals surface area contributed by atoms with E-state index in [2.05, 4.69) is 21.2 Å². The Hall–Kier alpha value is -0.540. The molecule has 1 unspecified atom stereocenters. The normalized spacial score (nSPS) is 16.6. The van der Waals surface area contributed by atoms with Crippen molar-refractivity contribution in [1.29, 1.82) is 0 Å². The third kappa shape index (κ3) is 3.46. The first-order valence-corrected chi connectivity index (χ1v) is 7.05. The Morgan fingerprint density at radius 3 is 2.88 bits per heavy atom. The number of aryl methyl sites for hydroxylation is 1. The summed E-state index contributed by atoms with van der Waals surface area (Å²) in [4.78, 5) is 12.3. The van der Waals surface area contributed by atoms with Gasteiger partial charge in [-0.3, -0.25) is 4.79 Å². The molecular formula is C13H15BrClNO. The minimum absolute atomic E-state index is 0.0971. The predicted molar refractivity (Wildman–Crippen MR) is 74.0 cm³/mol. The molecule has 1 aromatic rings. The standard InChI is InChI=1S/C13H15BrClNO/c1-8-2-5-10(12(15)6-8)13(17)16-7-11(14)9-3-4-9/h2,5-6,9,11H,3-4,7H2,1H3,(H,16,17). The molecule has 17 heavy (non-hydrogen) atoms. The summed E-state index contributed by atoms with van der Waals surface area (Å²) in [6, 6.07) is 5.48. The summed E-state index contributed by atoms with van der Waals surface area (Å²) in [5.74, 6) is 0.629. The Bertz CT molecular complexity index is 431. The molecule has 2 nitrogen and oxygen atoms in total. The maximum atomic E-state index is 11.9. The number of hydrogen-bond donors (Lipinski definition) is 1. The lowest BCUT2D eigenvalue weighted by molar-refractivity contribution is 0.0953. The van der Waals surface area contributed by atoms with Crippen LogP contribution in [-0.4, -0.2) is 17.3 Å². The third-order valence-electron chi connectivity index (χ3n) is 2.96. The second-order valence-corrected chi connectivity index (χ2v) is 6.13. The summed E-state index contributed by atoms with van der Waals surface area (Å²) >= 11 is 9.63. The number of hydrogen-bond acceptors (Lipinski definition) is 1. The first-order chi connectivity index (χ1) is 8.08. The SMILES string of the molecule is Cc1ccc(C(=O)NCC(Br)C2CC2)c(Cl)c1. The highest BCUT2D eigenvalue weighted by Crippen LogP contribution is 2.36. The molecule has 0 spiro atoms. The van der Waals surface area contributed by atoms with E-state index in [4.69, 9.17) is 11.6 Å². The van der Waals surface area contributed by atoms with E-state index in [0.29, 0.717) is 22.0 Å². The highest BCUT2D eigenvalue weighted by atomic mass is 79.9. The molecule has 1 aromatic carbocycles. The Labute approximate surface area is 115 Å². The van der Waals surface area contributed by atoms with E-state index in [1.165, 1.54) is 12.8 Å². The first-order valence-electron chi connectivity index (χ1n) is 5.76. The zero-order valence-corrected chi connectivity index (χ0v) is 12.0. The fraction of sp³-hybridized carbons (Fsp3) is 0.462. The number of alkyl halides is 1. The largest absolute Gasteiger partial charge is 0.351 e. The van der Waals surface area contributed by atoms with Crippen LogP contribution < -0.4 is 5.32 Å². The number of nitrogens with one attached hydrogen (secondary N) is 1. The average Bonchev–Trinajstić information content (AvgIpc) is 3.09. The molecule has 1 amide bonds. The Morgan fingerprint density at radius 1 is 1.59 bits per heavy atom. The molecule has 4 heteroatoms. The van der Waals surface area contributed by atoms with Crippen LogP contribution in [0.1, 0.15) is 28.8 Å². The minimum Gasteiger partial charge on any atom is -0.351 e. The summed E-state index contributed by atoms with van der Waals surface area (Å²) in [6.45, 7) is 2.61. The molecule has 0 aliphatic heterocycles. The number of benzene rings is 1. The van der Waals surface area contributed by atoms with E-state index in [-0.39, 0.29) is 5.91 Å². The van der Waals surface area contributed by atoms with E-state index < -0.39 is 0 Å². The quantitative estimate of drug-likeness (QED) is 0.846. The lowest BCUT2D eigenvalue weighted by Gasteiger charge is -2.11. The molecule has 0 aromatic heterocycles. The second-order valence-electron chi connectivity index (χ2n) is 4.55. The summed E-state index contributed by atoms with van der Waals surface area (Å²) in [5.41, 5.74) is 1.61. The number of rotatable bonds is 4. The van der Waals surface area contributed by atoms with Crippen LogP contribution in [0, 0.1) is 12.8 Å². The molecule has 1 aliphatic carbocycles. The van der Waals surface area contributed by atoms with Crippen LogP contribution in [0.3, 0.4) is 0 Å². The maximum absolute atomic E-state index is 11.9. The lowest BCUT2D eigenvalue weighted by Crippen LogP contribution is -2.30. The van der Waals surface area contributed by atoms with Gasteiger partial charge in [0.25, 0.3) is 5.91 Å². The van der Waals surface area contributed by atoms with Crippen LogP contribution >= 0.6 is 27.5 Å². The van der Waals surface area contributed by atoms with Gasteiger partial charge in [0.1, 0.15) is 0 Å². The van der Waals surface area contributed by atoms with E-state index in [1.54, 1.807) is 6.07 Å². The van der Waals surface area contributed by atoms with Gasteiger partial charge in [-0.25, -0.2) is 0 Å². The van der Waals surface area contributed by atoms with Gasteiger partial charge in [-0.1, -0.05) is 33.6 Å². The molecule has 1 atom stereocenters. The van der Waals surface area contributed by atoms with E-state index >= 15 is 0 Å². The molecule has 1 fully saturated rings. The van der Waals surface area contributed by atoms with Crippen molar-refractivity contribution in [2.24, 2.45) is 5.92 Å². The van der Waals surface area contributed by atoms with Gasteiger partial charge in [-0.05, 0) is 43.4 Å². The summed E-state index contributed by atoms with van der Waals surface area (Å²) < 4.78 is 0. The maximum Gasteiger partial charge on any atom is 0.252 e. The third-order valence-corrected chi connectivity index (χ3v) is 4.34. The fourth-order valence-electron chi connectivity index (χ4n) is 1.71. The van der Waals surface area contributed by atoms with Crippen molar-refractivity contribution in [3.63, 3.8) is 0 Å². The molecule has 0 heterocycles. The molecule has 1 saturated carbocycles. The van der Waals surface area contributed by atoms with E-state index in [9.17, 15) is 4.79 Å². The van der Waals surface area contributed by atoms with Crippen molar-refractivity contribution < 1.29 is 4.79 Å². The Morgan fingerprint density at radius 2 is 2.29 bits per heavy atom. The topological polar surface area (TPSA) is 29.1 Å². The second kappa shape index (κ2) is 5.40. The first kappa shape index (κ1) is 12.9. The number of carbonyl (C=O) groups excluding carboxylic acids is 1. The van der Waals surface area contributed by atoms with Crippen LogP contribution in [0.2, 0.25) is 5.02 Å². The fourth-order valence-corrected chi connectivity index (χ4v) is 2.73. The van der Waals surface area contributed by atoms with Gasteiger partial charge in [-0.2, -0.15) is 0 Å². The summed E-state index contributed by atoms with van der Waals surface area (Å²) in [5, 5.41) is 3.42. The molecule has 92 valence electrons. The zero-order valence-electron chi connectivity index (χ0n) is 9.67. The van der Waals surface area contributed by atoms with Gasteiger partial charge in [0.05, 0.1) is 10.6 Å². The van der Waals surface area contributed by atoms with Crippen LogP contribution in [0.4, 0.5) is 0 Å². The molecule has 1 aliphatic rings. The van der Waals surface area contributed by atoms with Gasteiger partial charge >= 0.3 is 0 Å². The molecule has 0 saturated heterocycles. The van der Waals surface area contributed by atoms with Crippen LogP contribution in [-0.2, 0) is 0 Å². The van der Waals surface area contributed by atoms with Crippen molar-refractivity contribution >= 4 is 33.4 Å². The molecule has 0 bridgehead atoms. The molecule has 1 N–H and O–H groups in total. The van der Waals surface area contributed by atoms with Crippen molar-refractivity contribution in [1.82, 2.24) is 5.32 Å². The van der Waals surface area contributed by atoms with Crippen LogP contribution in [0.5, 0.6) is 0 Å². The molecular weight excluding hydrogens is 302 g/mol. The Kier molecular flexibility index (Phi) is 4.10. The number of halogens is 2. The van der Waals surface area contributed by atoms with Crippen molar-refractivity contribution in [3.05, 3.63) is 34.3 Å². The van der Waals surface area contributed by atoms with Crippen LogP contribution in [0.25, 0.3) is 0 Å². The zero-order chi connectivity index (χ0) is 12.4. The van der Waals surface area contributed by atoms with Crippen molar-refractivity contribution in [2.75, 3.05) is 6.54 Å². The van der Waals surface area contributed by atoms with Gasteiger partial charge in [0.2, 0.25) is 0 Å². The monoisotopic (exact) mass is 315 g/mol. The highest BCUT2D eigenvalue weighted by molar-refractivity contribution is 9.09. The number of amides is 1. The predicted octanol–water partition coefficient (Wildman–Crippen LogP) is 3.55. The summed E-state index contributed by atoms with van der Waals surface area (Å²) in [6.07, 6.45) is 2.52. The van der Waals surface area contributed by atoms with Gasteiger partial charge < -0.3 is 5.32 Å². The number of carbonyl (C=O) groups is 1. The lowest BCUT2D eigenvalue weighted by atomic mass is 10.1. The average molecular weight is 317 g/mol. The van der Waals surface area contributed by atoms with Gasteiger partial charge in [-0.15, -0.1) is 0 Å². The smallest absolute Gasteiger partial charge is 0.252 e.